The summed E-state index contributed by atoms with van der Waals surface area (Å²) in [6, 6.07) is 2.01. The van der Waals surface area contributed by atoms with Gasteiger partial charge in [0.1, 0.15) is 12.1 Å². The van der Waals surface area contributed by atoms with Gasteiger partial charge in [-0.25, -0.2) is 9.97 Å². The van der Waals surface area contributed by atoms with Gasteiger partial charge in [-0.1, -0.05) is 0 Å². The smallest absolute Gasteiger partial charge is 0.129 e. The Hall–Kier alpha value is -1.16. The van der Waals surface area contributed by atoms with Crippen molar-refractivity contribution in [1.29, 1.82) is 0 Å². The van der Waals surface area contributed by atoms with E-state index in [0.717, 1.165) is 24.5 Å². The maximum Gasteiger partial charge on any atom is 0.129 e. The first kappa shape index (κ1) is 9.40. The van der Waals surface area contributed by atoms with Gasteiger partial charge in [-0.15, -0.1) is 0 Å². The Labute approximate surface area is 83.4 Å². The zero-order chi connectivity index (χ0) is 9.80. The molecule has 0 radical (unpaired) electrons. The molecule has 0 unspecified atom stereocenters. The summed E-state index contributed by atoms with van der Waals surface area (Å²) < 4.78 is 0. The highest BCUT2D eigenvalue weighted by molar-refractivity contribution is 5.36. The summed E-state index contributed by atoms with van der Waals surface area (Å²) in [5.41, 5.74) is 1.14. The van der Waals surface area contributed by atoms with Crippen LogP contribution in [0, 0.1) is 0 Å². The number of nitrogens with one attached hydrogen (secondary N) is 1. The van der Waals surface area contributed by atoms with Crippen LogP contribution in [0.25, 0.3) is 0 Å². The predicted octanol–water partition coefficient (Wildman–Crippen LogP) is 1.15. The van der Waals surface area contributed by atoms with Crippen molar-refractivity contribution in [3.8, 4) is 0 Å². The number of aliphatic hydroxyl groups is 1. The molecule has 0 amide bonds. The Bertz CT molecular complexity index is 299. The summed E-state index contributed by atoms with van der Waals surface area (Å²) in [5, 5.41) is 11.8. The molecule has 2 rings (SSSR count). The van der Waals surface area contributed by atoms with Gasteiger partial charge >= 0.3 is 0 Å². The minimum atomic E-state index is 0.216. The number of hydrogen-bond acceptors (Lipinski definition) is 4. The van der Waals surface area contributed by atoms with Gasteiger partial charge in [-0.3, -0.25) is 0 Å². The number of hydrogen-bond donors (Lipinski definition) is 2. The number of aliphatic hydroxyl groups excluding tert-OH is 1. The topological polar surface area (TPSA) is 58.0 Å². The Morgan fingerprint density at radius 3 is 3.00 bits per heavy atom. The largest absolute Gasteiger partial charge is 0.396 e. The van der Waals surface area contributed by atoms with Gasteiger partial charge in [0.05, 0.1) is 0 Å². The van der Waals surface area contributed by atoms with E-state index in [1.165, 1.54) is 12.8 Å². The molecule has 0 saturated heterocycles. The highest BCUT2D eigenvalue weighted by Gasteiger charge is 2.25. The lowest BCUT2D eigenvalue weighted by molar-refractivity contribution is 0.292. The van der Waals surface area contributed by atoms with E-state index in [2.05, 4.69) is 15.3 Å². The van der Waals surface area contributed by atoms with E-state index in [1.807, 2.05) is 6.07 Å². The van der Waals surface area contributed by atoms with Crippen LogP contribution < -0.4 is 5.32 Å². The molecule has 0 bridgehead atoms. The van der Waals surface area contributed by atoms with Crippen molar-refractivity contribution in [3.05, 3.63) is 18.1 Å². The normalized spacial score (nSPS) is 15.5. The summed E-state index contributed by atoms with van der Waals surface area (Å²) in [5.74, 6) is 1.53. The van der Waals surface area contributed by atoms with Gasteiger partial charge < -0.3 is 10.4 Å². The maximum atomic E-state index is 8.62. The second-order valence-electron chi connectivity index (χ2n) is 3.61. The zero-order valence-electron chi connectivity index (χ0n) is 8.11. The molecular formula is C10H15N3O. The second-order valence-corrected chi connectivity index (χ2v) is 3.61. The fourth-order valence-corrected chi connectivity index (χ4v) is 1.37. The molecule has 1 aromatic rings. The Kier molecular flexibility index (Phi) is 2.93. The molecule has 14 heavy (non-hydrogen) atoms. The fourth-order valence-electron chi connectivity index (χ4n) is 1.37. The lowest BCUT2D eigenvalue weighted by Gasteiger charge is -2.04. The van der Waals surface area contributed by atoms with Crippen molar-refractivity contribution < 1.29 is 5.11 Å². The van der Waals surface area contributed by atoms with E-state index in [1.54, 1.807) is 6.33 Å². The highest BCUT2D eigenvalue weighted by atomic mass is 16.3. The molecular weight excluding hydrogens is 178 g/mol. The van der Waals surface area contributed by atoms with Crippen molar-refractivity contribution in [1.82, 2.24) is 9.97 Å². The van der Waals surface area contributed by atoms with Gasteiger partial charge in [0.15, 0.2) is 0 Å². The zero-order valence-corrected chi connectivity index (χ0v) is 8.11. The summed E-state index contributed by atoms with van der Waals surface area (Å²) >= 11 is 0. The van der Waals surface area contributed by atoms with Crippen molar-refractivity contribution in [2.24, 2.45) is 0 Å². The van der Waals surface area contributed by atoms with Gasteiger partial charge in [0.25, 0.3) is 0 Å². The van der Waals surface area contributed by atoms with E-state index >= 15 is 0 Å². The Morgan fingerprint density at radius 2 is 2.29 bits per heavy atom. The molecule has 76 valence electrons. The molecule has 4 nitrogen and oxygen atoms in total. The minimum absolute atomic E-state index is 0.216. The van der Waals surface area contributed by atoms with Crippen LogP contribution in [0.5, 0.6) is 0 Å². The van der Waals surface area contributed by atoms with E-state index in [9.17, 15) is 0 Å². The maximum absolute atomic E-state index is 8.62. The average molecular weight is 193 g/mol. The van der Waals surface area contributed by atoms with Crippen molar-refractivity contribution in [3.63, 3.8) is 0 Å². The van der Waals surface area contributed by atoms with E-state index in [0.29, 0.717) is 5.92 Å². The molecule has 1 fully saturated rings. The van der Waals surface area contributed by atoms with Crippen molar-refractivity contribution >= 4 is 5.82 Å². The van der Waals surface area contributed by atoms with Gasteiger partial charge in [0, 0.05) is 30.8 Å². The Morgan fingerprint density at radius 1 is 1.43 bits per heavy atom. The molecule has 0 atom stereocenters. The van der Waals surface area contributed by atoms with Crippen LogP contribution in [-0.2, 0) is 0 Å². The van der Waals surface area contributed by atoms with Crippen LogP contribution in [0.4, 0.5) is 5.82 Å². The quantitative estimate of drug-likeness (QED) is 0.689. The first-order valence-corrected chi connectivity index (χ1v) is 5.07. The van der Waals surface area contributed by atoms with Crippen LogP contribution >= 0.6 is 0 Å². The lowest BCUT2D eigenvalue weighted by atomic mass is 10.3. The average Bonchev–Trinajstić information content (AvgIpc) is 3.02. The van der Waals surface area contributed by atoms with Gasteiger partial charge in [0.2, 0.25) is 0 Å². The standard InChI is InChI=1S/C10H15N3O/c14-5-1-4-11-10-6-9(8-2-3-8)12-7-13-10/h6-8,14H,1-5H2,(H,11,12,13). The van der Waals surface area contributed by atoms with E-state index in [-0.39, 0.29) is 6.61 Å². The van der Waals surface area contributed by atoms with Crippen molar-refractivity contribution in [2.45, 2.75) is 25.2 Å². The summed E-state index contributed by atoms with van der Waals surface area (Å²) in [6.45, 7) is 0.977. The van der Waals surface area contributed by atoms with Crippen LogP contribution in [0.2, 0.25) is 0 Å². The third-order valence-electron chi connectivity index (χ3n) is 2.32. The van der Waals surface area contributed by atoms with Crippen molar-refractivity contribution in [2.75, 3.05) is 18.5 Å². The summed E-state index contributed by atoms with van der Waals surface area (Å²) in [4.78, 5) is 8.35. The van der Waals surface area contributed by atoms with Crippen LogP contribution in [0.15, 0.2) is 12.4 Å². The molecule has 2 N–H and O–H groups in total. The molecule has 1 aliphatic carbocycles. The Balaban J connectivity index is 1.92. The third-order valence-corrected chi connectivity index (χ3v) is 2.32. The molecule has 0 aliphatic heterocycles. The van der Waals surface area contributed by atoms with E-state index in [4.69, 9.17) is 5.11 Å². The SMILES string of the molecule is OCCCNc1cc(C2CC2)ncn1. The van der Waals surface area contributed by atoms with E-state index < -0.39 is 0 Å². The minimum Gasteiger partial charge on any atom is -0.396 e. The number of rotatable bonds is 5. The monoisotopic (exact) mass is 193 g/mol. The molecule has 1 heterocycles. The third kappa shape index (κ3) is 2.42. The fraction of sp³-hybridized carbons (Fsp3) is 0.600. The molecule has 1 saturated carbocycles. The highest BCUT2D eigenvalue weighted by Crippen LogP contribution is 2.39. The molecule has 4 heteroatoms. The summed E-state index contributed by atoms with van der Waals surface area (Å²) in [7, 11) is 0. The number of aromatic nitrogens is 2. The van der Waals surface area contributed by atoms with Crippen LogP contribution in [-0.4, -0.2) is 28.2 Å². The number of nitrogens with zero attached hydrogens (tertiary/aromatic N) is 2. The first-order valence-electron chi connectivity index (χ1n) is 5.07. The predicted molar refractivity (Wildman–Crippen MR) is 54.2 cm³/mol. The summed E-state index contributed by atoms with van der Waals surface area (Å²) in [6.07, 6.45) is 4.87. The molecule has 0 aromatic carbocycles. The molecule has 1 aromatic heterocycles. The van der Waals surface area contributed by atoms with Crippen LogP contribution in [0.3, 0.4) is 0 Å². The lowest BCUT2D eigenvalue weighted by Crippen LogP contribution is -2.05. The molecule has 1 aliphatic rings. The second kappa shape index (κ2) is 4.37. The van der Waals surface area contributed by atoms with Crippen LogP contribution in [0.1, 0.15) is 30.9 Å². The molecule has 0 spiro atoms. The first-order chi connectivity index (χ1) is 6.90. The number of anilines is 1. The van der Waals surface area contributed by atoms with Gasteiger partial charge in [-0.2, -0.15) is 0 Å². The van der Waals surface area contributed by atoms with Gasteiger partial charge in [-0.05, 0) is 19.3 Å².